The molecule has 3 aromatic rings. The van der Waals surface area contributed by atoms with Gasteiger partial charge in [-0.3, -0.25) is 19.1 Å². The minimum atomic E-state index is -4.14. The fourth-order valence-electron chi connectivity index (χ4n) is 12.8. The maximum atomic E-state index is 12.7. The summed E-state index contributed by atoms with van der Waals surface area (Å²) >= 11 is 0. The highest BCUT2D eigenvalue weighted by Crippen LogP contribution is 2.69. The second-order valence-corrected chi connectivity index (χ2v) is 20.9. The summed E-state index contributed by atoms with van der Waals surface area (Å²) in [5.41, 5.74) is 3.88. The van der Waals surface area contributed by atoms with E-state index < -0.39 is 33.7 Å². The zero-order valence-corrected chi connectivity index (χ0v) is 36.2. The Balaban J connectivity index is 0.974. The van der Waals surface area contributed by atoms with Gasteiger partial charge in [-0.2, -0.15) is 8.42 Å². The monoisotopic (exact) mass is 831 g/mol. The van der Waals surface area contributed by atoms with Crippen molar-refractivity contribution in [1.82, 2.24) is 10.3 Å². The number of carbonyl (C=O) groups is 2. The van der Waals surface area contributed by atoms with Crippen molar-refractivity contribution >= 4 is 38.4 Å². The number of fused-ring (bicyclic) bond motifs is 6. The van der Waals surface area contributed by atoms with Crippen molar-refractivity contribution in [1.29, 1.82) is 0 Å². The molecule has 0 saturated heterocycles. The Labute approximate surface area is 349 Å². The summed E-state index contributed by atoms with van der Waals surface area (Å²) in [7, 11) is -4.14. The molecular weight excluding hydrogens is 767 g/mol. The number of rotatable bonds is 14. The summed E-state index contributed by atoms with van der Waals surface area (Å²) < 4.78 is 31.0. The fraction of sp³-hybridized carbons (Fsp3) is 0.638. The van der Waals surface area contributed by atoms with E-state index in [4.69, 9.17) is 4.55 Å². The van der Waals surface area contributed by atoms with Gasteiger partial charge in [-0.15, -0.1) is 0 Å². The topological polar surface area (TPSA) is 186 Å². The lowest BCUT2D eigenvalue weighted by Gasteiger charge is -2.64. The number of ketones is 1. The van der Waals surface area contributed by atoms with Crippen LogP contribution in [0.25, 0.3) is 10.9 Å². The van der Waals surface area contributed by atoms with E-state index in [0.717, 1.165) is 53.4 Å². The standard InChI is InChI=1S/C47H65N3O8S/c1-28(13-16-41(54)48-21-22-59(56,57)58)35-14-15-36-43-37(25-40(53)46(35,36)5)45(4)19-20-47(55,26-33(45)24-39(43)52)18-17-31-9-8-10-32(23-31)27-49-44-34-11-6-7-12-38(34)50-29(2)42(44)30(3)51/h6-12,23,28,33,35-37,39-40,43,52-53,55H,13-22,24-27H2,1-5H3,(H,48,54)(H,49,50)(H,56,57,58)/t28?,33?,35-,36?,37?,39-,40+,43?,45+,46-,47-/m1/s1. The van der Waals surface area contributed by atoms with Gasteiger partial charge < -0.3 is 26.0 Å². The van der Waals surface area contributed by atoms with Gasteiger partial charge in [-0.05, 0) is 142 Å². The van der Waals surface area contributed by atoms with Crippen LogP contribution >= 0.6 is 0 Å². The van der Waals surface area contributed by atoms with Crippen LogP contribution in [-0.2, 0) is 27.9 Å². The van der Waals surface area contributed by atoms with E-state index >= 15 is 0 Å². The molecule has 0 aliphatic heterocycles. The largest absolute Gasteiger partial charge is 0.393 e. The van der Waals surface area contributed by atoms with Crippen molar-refractivity contribution < 1.29 is 37.9 Å². The molecule has 4 aliphatic carbocycles. The van der Waals surface area contributed by atoms with E-state index in [1.54, 1.807) is 6.92 Å². The van der Waals surface area contributed by atoms with Crippen LogP contribution in [0.1, 0.15) is 119 Å². The van der Waals surface area contributed by atoms with Crippen molar-refractivity contribution in [3.05, 3.63) is 70.9 Å². The normalized spacial score (nSPS) is 33.4. The van der Waals surface area contributed by atoms with E-state index in [0.29, 0.717) is 56.3 Å². The highest BCUT2D eigenvalue weighted by atomic mass is 32.2. The van der Waals surface area contributed by atoms with Gasteiger partial charge in [-0.25, -0.2) is 0 Å². The summed E-state index contributed by atoms with van der Waals surface area (Å²) in [5.74, 6) is 0.0989. The molecule has 11 atom stereocenters. The zero-order valence-electron chi connectivity index (χ0n) is 35.4. The molecule has 6 N–H and O–H groups in total. The smallest absolute Gasteiger partial charge is 0.266 e. The predicted octanol–water partition coefficient (Wildman–Crippen LogP) is 7.04. The summed E-state index contributed by atoms with van der Waals surface area (Å²) in [6, 6.07) is 16.3. The number of aromatic nitrogens is 1. The van der Waals surface area contributed by atoms with Gasteiger partial charge in [0, 0.05) is 24.9 Å². The number of aliphatic hydroxyl groups excluding tert-OH is 2. The summed E-state index contributed by atoms with van der Waals surface area (Å²) in [6.07, 6.45) is 6.48. The van der Waals surface area contributed by atoms with Gasteiger partial charge in [0.2, 0.25) is 5.91 Å². The number of amides is 1. The Morgan fingerprint density at radius 3 is 2.49 bits per heavy atom. The first kappa shape index (κ1) is 43.7. The quantitative estimate of drug-likeness (QED) is 0.0727. The summed E-state index contributed by atoms with van der Waals surface area (Å²) in [4.78, 5) is 29.8. The molecule has 7 rings (SSSR count). The highest BCUT2D eigenvalue weighted by molar-refractivity contribution is 7.85. The number of aryl methyl sites for hydroxylation is 2. The lowest BCUT2D eigenvalue weighted by atomic mass is 9.42. The van der Waals surface area contributed by atoms with Gasteiger partial charge in [0.25, 0.3) is 10.1 Å². The van der Waals surface area contributed by atoms with Crippen molar-refractivity contribution in [2.24, 2.45) is 46.3 Å². The first-order chi connectivity index (χ1) is 27.8. The molecule has 59 heavy (non-hydrogen) atoms. The van der Waals surface area contributed by atoms with E-state index in [2.05, 4.69) is 60.7 Å². The molecule has 11 nitrogen and oxygen atoms in total. The van der Waals surface area contributed by atoms with Crippen LogP contribution in [0.2, 0.25) is 0 Å². The van der Waals surface area contributed by atoms with Crippen LogP contribution < -0.4 is 10.6 Å². The second-order valence-electron chi connectivity index (χ2n) is 19.4. The molecule has 1 heterocycles. The number of benzene rings is 2. The van der Waals surface area contributed by atoms with Crippen LogP contribution in [0.5, 0.6) is 0 Å². The minimum Gasteiger partial charge on any atom is -0.393 e. The van der Waals surface area contributed by atoms with Gasteiger partial charge in [-0.1, -0.05) is 63.2 Å². The fourth-order valence-corrected chi connectivity index (χ4v) is 13.2. The molecule has 0 bridgehead atoms. The first-order valence-electron chi connectivity index (χ1n) is 21.9. The van der Waals surface area contributed by atoms with Gasteiger partial charge in [0.05, 0.1) is 46.0 Å². The molecule has 12 heteroatoms. The Morgan fingerprint density at radius 1 is 1.00 bits per heavy atom. The van der Waals surface area contributed by atoms with Gasteiger partial charge in [0.15, 0.2) is 5.78 Å². The predicted molar refractivity (Wildman–Crippen MR) is 229 cm³/mol. The molecule has 2 aromatic carbocycles. The zero-order chi connectivity index (χ0) is 42.5. The van der Waals surface area contributed by atoms with Crippen molar-refractivity contribution in [3.8, 4) is 0 Å². The number of hydrogen-bond acceptors (Lipinski definition) is 9. The first-order valence-corrected chi connectivity index (χ1v) is 23.5. The van der Waals surface area contributed by atoms with Crippen molar-refractivity contribution in [2.45, 2.75) is 130 Å². The molecule has 4 fully saturated rings. The molecule has 0 radical (unpaired) electrons. The highest BCUT2D eigenvalue weighted by Gasteiger charge is 2.66. The van der Waals surface area contributed by atoms with Crippen LogP contribution in [0.4, 0.5) is 5.69 Å². The lowest BCUT2D eigenvalue weighted by Crippen LogP contribution is -2.63. The van der Waals surface area contributed by atoms with Crippen LogP contribution in [0.15, 0.2) is 48.5 Å². The number of Topliss-reactive ketones (excluding diaryl/α,β-unsaturated/α-hetero) is 1. The second kappa shape index (κ2) is 16.8. The average molecular weight is 832 g/mol. The Hall–Kier alpha value is -3.42. The number of nitrogens with zero attached hydrogens (tertiary/aromatic N) is 1. The van der Waals surface area contributed by atoms with Crippen LogP contribution in [0, 0.1) is 53.3 Å². The lowest BCUT2D eigenvalue weighted by molar-refractivity contribution is -0.216. The van der Waals surface area contributed by atoms with Crippen LogP contribution in [-0.4, -0.2) is 75.1 Å². The Morgan fingerprint density at radius 2 is 1.75 bits per heavy atom. The molecule has 0 spiro atoms. The van der Waals surface area contributed by atoms with Gasteiger partial charge in [0.1, 0.15) is 0 Å². The molecule has 4 aliphatic rings. The number of anilines is 1. The molecule has 1 aromatic heterocycles. The minimum absolute atomic E-state index is 0.0256. The number of hydrogen-bond donors (Lipinski definition) is 6. The third kappa shape index (κ3) is 8.72. The number of carbonyl (C=O) groups excluding carboxylic acids is 2. The molecular formula is C47H65N3O8S. The molecule has 1 amide bonds. The Kier molecular flexibility index (Phi) is 12.4. The van der Waals surface area contributed by atoms with Crippen molar-refractivity contribution in [2.75, 3.05) is 17.6 Å². The van der Waals surface area contributed by atoms with E-state index in [1.165, 1.54) is 0 Å². The molecule has 4 saturated carbocycles. The number of nitrogens with one attached hydrogen (secondary N) is 2. The van der Waals surface area contributed by atoms with Crippen molar-refractivity contribution in [3.63, 3.8) is 0 Å². The van der Waals surface area contributed by atoms with Crippen LogP contribution in [0.3, 0.4) is 0 Å². The third-order valence-corrected chi connectivity index (χ3v) is 16.7. The van der Waals surface area contributed by atoms with Gasteiger partial charge >= 0.3 is 0 Å². The molecule has 322 valence electrons. The SMILES string of the molecule is CC(=O)c1c(C)nc2ccccc2c1NCc1cccc(CC[C@@]2(O)CC[C@@]3(C)C(C[C@@H](O)C4C3C[C@H](O)[C@@]3(C)C4CC[C@@H]3C(C)CCC(=O)NCCS(=O)(=O)O)C2)c1. The third-order valence-electron chi connectivity index (χ3n) is 16.0. The number of pyridine rings is 1. The van der Waals surface area contributed by atoms with E-state index in [1.807, 2.05) is 31.2 Å². The molecule has 5 unspecified atom stereocenters. The summed E-state index contributed by atoms with van der Waals surface area (Å²) in [5, 5.41) is 43.3. The maximum Gasteiger partial charge on any atom is 0.266 e. The maximum absolute atomic E-state index is 12.7. The van der Waals surface area contributed by atoms with E-state index in [-0.39, 0.29) is 71.0 Å². The number of para-hydroxylation sites is 1. The van der Waals surface area contributed by atoms with E-state index in [9.17, 15) is 33.3 Å². The Bertz CT molecular complexity index is 2160. The summed E-state index contributed by atoms with van der Waals surface area (Å²) in [6.45, 7) is 10.6. The average Bonchev–Trinajstić information content (AvgIpc) is 3.54. The number of aliphatic hydroxyl groups is 3.